The molecule has 1 saturated heterocycles. The van der Waals surface area contributed by atoms with Crippen LogP contribution in [0.2, 0.25) is 0 Å². The highest BCUT2D eigenvalue weighted by Gasteiger charge is 2.31. The molecule has 2 nitrogen and oxygen atoms in total. The van der Waals surface area contributed by atoms with Crippen molar-refractivity contribution in [2.24, 2.45) is 5.92 Å². The first-order valence-electron chi connectivity index (χ1n) is 5.69. The van der Waals surface area contributed by atoms with Crippen LogP contribution in [-0.2, 0) is 0 Å². The Bertz CT molecular complexity index is 171. The molecule has 2 heteroatoms. The molecule has 0 aromatic carbocycles. The lowest BCUT2D eigenvalue weighted by molar-refractivity contribution is 0.112. The van der Waals surface area contributed by atoms with E-state index in [1.165, 1.54) is 25.7 Å². The van der Waals surface area contributed by atoms with Gasteiger partial charge in [0.25, 0.3) is 0 Å². The highest BCUT2D eigenvalue weighted by atomic mass is 16.3. The van der Waals surface area contributed by atoms with Gasteiger partial charge in [0, 0.05) is 19.1 Å². The van der Waals surface area contributed by atoms with Crippen LogP contribution in [0.15, 0.2) is 0 Å². The average molecular weight is 183 g/mol. The van der Waals surface area contributed by atoms with E-state index in [0.29, 0.717) is 0 Å². The van der Waals surface area contributed by atoms with E-state index in [2.05, 4.69) is 11.8 Å². The maximum atomic E-state index is 9.47. The lowest BCUT2D eigenvalue weighted by Gasteiger charge is -2.36. The van der Waals surface area contributed by atoms with Gasteiger partial charge in [-0.3, -0.25) is 4.90 Å². The molecule has 0 spiro atoms. The van der Waals surface area contributed by atoms with E-state index in [1.54, 1.807) is 0 Å². The highest BCUT2D eigenvalue weighted by molar-refractivity contribution is 4.86. The van der Waals surface area contributed by atoms with Crippen molar-refractivity contribution >= 4 is 0 Å². The van der Waals surface area contributed by atoms with Gasteiger partial charge in [0.15, 0.2) is 0 Å². The second kappa shape index (κ2) is 3.97. The zero-order valence-electron chi connectivity index (χ0n) is 8.58. The third-order valence-corrected chi connectivity index (χ3v) is 3.73. The number of likely N-dealkylation sites (tertiary alicyclic amines) is 1. The zero-order chi connectivity index (χ0) is 9.26. The van der Waals surface area contributed by atoms with E-state index in [4.69, 9.17) is 0 Å². The number of hydrogen-bond donors (Lipinski definition) is 1. The molecule has 1 aliphatic carbocycles. The van der Waals surface area contributed by atoms with Gasteiger partial charge in [-0.2, -0.15) is 0 Å². The average Bonchev–Trinajstić information content (AvgIpc) is 2.53. The van der Waals surface area contributed by atoms with Crippen molar-refractivity contribution in [1.29, 1.82) is 0 Å². The monoisotopic (exact) mass is 183 g/mol. The summed E-state index contributed by atoms with van der Waals surface area (Å²) in [5.41, 5.74) is 0. The molecule has 1 aliphatic heterocycles. The maximum Gasteiger partial charge on any atom is 0.0679 e. The van der Waals surface area contributed by atoms with Gasteiger partial charge in [-0.15, -0.1) is 0 Å². The Hall–Kier alpha value is -0.0800. The molecule has 0 amide bonds. The Morgan fingerprint density at radius 3 is 2.54 bits per heavy atom. The fraction of sp³-hybridized carbons (Fsp3) is 1.00. The molecule has 3 atom stereocenters. The summed E-state index contributed by atoms with van der Waals surface area (Å²) < 4.78 is 0. The maximum absolute atomic E-state index is 9.47. The Labute approximate surface area is 80.9 Å². The van der Waals surface area contributed by atoms with E-state index >= 15 is 0 Å². The van der Waals surface area contributed by atoms with Crippen LogP contribution >= 0.6 is 0 Å². The minimum absolute atomic E-state index is 0.0471. The fourth-order valence-corrected chi connectivity index (χ4v) is 2.91. The molecule has 0 aromatic heterocycles. The summed E-state index contributed by atoms with van der Waals surface area (Å²) in [7, 11) is 0. The Morgan fingerprint density at radius 1 is 1.15 bits per heavy atom. The van der Waals surface area contributed by atoms with Crippen LogP contribution in [0, 0.1) is 5.92 Å². The van der Waals surface area contributed by atoms with Crippen LogP contribution in [0.4, 0.5) is 0 Å². The Kier molecular flexibility index (Phi) is 2.89. The van der Waals surface area contributed by atoms with E-state index in [9.17, 15) is 5.11 Å². The molecule has 2 aliphatic rings. The van der Waals surface area contributed by atoms with Crippen LogP contribution in [0.1, 0.15) is 39.0 Å². The molecule has 0 unspecified atom stereocenters. The predicted molar refractivity (Wildman–Crippen MR) is 53.6 cm³/mol. The number of rotatable bonds is 1. The summed E-state index contributed by atoms with van der Waals surface area (Å²) in [6.07, 6.45) is 6.48. The van der Waals surface area contributed by atoms with Gasteiger partial charge in [0.2, 0.25) is 0 Å². The summed E-state index contributed by atoms with van der Waals surface area (Å²) in [5.74, 6) is 0.846. The quantitative estimate of drug-likeness (QED) is 0.668. The van der Waals surface area contributed by atoms with Gasteiger partial charge >= 0.3 is 0 Å². The van der Waals surface area contributed by atoms with E-state index in [0.717, 1.165) is 31.5 Å². The van der Waals surface area contributed by atoms with Crippen molar-refractivity contribution in [2.75, 3.05) is 13.1 Å². The third-order valence-electron chi connectivity index (χ3n) is 3.73. The summed E-state index contributed by atoms with van der Waals surface area (Å²) in [5, 5.41) is 9.47. The van der Waals surface area contributed by atoms with Crippen molar-refractivity contribution in [3.05, 3.63) is 0 Å². The van der Waals surface area contributed by atoms with Crippen LogP contribution in [0.3, 0.4) is 0 Å². The predicted octanol–water partition coefficient (Wildman–Crippen LogP) is 1.63. The fourth-order valence-electron chi connectivity index (χ4n) is 2.91. The summed E-state index contributed by atoms with van der Waals surface area (Å²) in [6.45, 7) is 4.42. The number of nitrogens with zero attached hydrogens (tertiary/aromatic N) is 1. The van der Waals surface area contributed by atoms with Crippen molar-refractivity contribution in [3.8, 4) is 0 Å². The summed E-state index contributed by atoms with van der Waals surface area (Å²) in [6, 6.07) is 0.769. The van der Waals surface area contributed by atoms with Crippen LogP contribution in [0.25, 0.3) is 0 Å². The minimum Gasteiger partial charge on any atom is -0.392 e. The highest BCUT2D eigenvalue weighted by Crippen LogP contribution is 2.30. The molecule has 1 N–H and O–H groups in total. The molecule has 2 fully saturated rings. The molecular weight excluding hydrogens is 162 g/mol. The largest absolute Gasteiger partial charge is 0.392 e. The molecule has 0 aromatic rings. The molecule has 13 heavy (non-hydrogen) atoms. The van der Waals surface area contributed by atoms with Crippen molar-refractivity contribution in [3.63, 3.8) is 0 Å². The second-order valence-corrected chi connectivity index (χ2v) is 4.77. The van der Waals surface area contributed by atoms with Gasteiger partial charge < -0.3 is 5.11 Å². The first kappa shape index (κ1) is 9.47. The van der Waals surface area contributed by atoms with Crippen LogP contribution < -0.4 is 0 Å². The normalized spacial score (nSPS) is 42.5. The van der Waals surface area contributed by atoms with Crippen molar-refractivity contribution in [2.45, 2.75) is 51.2 Å². The van der Waals surface area contributed by atoms with Crippen LogP contribution in [-0.4, -0.2) is 35.2 Å². The van der Waals surface area contributed by atoms with Gasteiger partial charge in [-0.05, 0) is 25.2 Å². The minimum atomic E-state index is -0.0471. The van der Waals surface area contributed by atoms with E-state index in [1.807, 2.05) is 0 Å². The van der Waals surface area contributed by atoms with E-state index in [-0.39, 0.29) is 6.10 Å². The van der Waals surface area contributed by atoms with Crippen molar-refractivity contribution in [1.82, 2.24) is 4.90 Å². The van der Waals surface area contributed by atoms with Crippen LogP contribution in [0.5, 0.6) is 0 Å². The molecule has 1 saturated carbocycles. The number of hydrogen-bond acceptors (Lipinski definition) is 2. The lowest BCUT2D eigenvalue weighted by atomic mass is 9.85. The van der Waals surface area contributed by atoms with Gasteiger partial charge in [-0.25, -0.2) is 0 Å². The molecule has 1 heterocycles. The van der Waals surface area contributed by atoms with Gasteiger partial charge in [-0.1, -0.05) is 19.8 Å². The SMILES string of the molecule is C[C@@H]1CCCC[C@H]1N1CC[C@@H](O)C1. The Balaban J connectivity index is 1.91. The molecular formula is C11H21NO. The van der Waals surface area contributed by atoms with Gasteiger partial charge in [0.05, 0.1) is 6.10 Å². The van der Waals surface area contributed by atoms with E-state index < -0.39 is 0 Å². The zero-order valence-corrected chi connectivity index (χ0v) is 8.58. The molecule has 2 rings (SSSR count). The standard InChI is InChI=1S/C11H21NO/c1-9-4-2-3-5-11(9)12-7-6-10(13)8-12/h9-11,13H,2-8H2,1H3/t9-,10-,11-/m1/s1. The molecule has 0 bridgehead atoms. The Morgan fingerprint density at radius 2 is 1.92 bits per heavy atom. The van der Waals surface area contributed by atoms with Gasteiger partial charge in [0.1, 0.15) is 0 Å². The number of β-amino-alcohol motifs (C(OH)–C–C–N with tert-alkyl or cyclic N) is 1. The number of aliphatic hydroxyl groups is 1. The summed E-state index contributed by atoms with van der Waals surface area (Å²) >= 11 is 0. The first-order valence-corrected chi connectivity index (χ1v) is 5.69. The number of aliphatic hydroxyl groups excluding tert-OH is 1. The molecule has 76 valence electrons. The summed E-state index contributed by atoms with van der Waals surface area (Å²) in [4.78, 5) is 2.51. The second-order valence-electron chi connectivity index (χ2n) is 4.77. The molecule has 0 radical (unpaired) electrons. The topological polar surface area (TPSA) is 23.5 Å². The first-order chi connectivity index (χ1) is 6.27. The third kappa shape index (κ3) is 2.05. The van der Waals surface area contributed by atoms with Crippen molar-refractivity contribution < 1.29 is 5.11 Å². The smallest absolute Gasteiger partial charge is 0.0679 e. The lowest BCUT2D eigenvalue weighted by Crippen LogP contribution is -2.40.